The summed E-state index contributed by atoms with van der Waals surface area (Å²) in [6.07, 6.45) is 1.06. The number of benzene rings is 2. The standard InChI is InChI=1S/C19H22N4O5S/c1-29(27,28)20-17-6-3-5-16(13-17)19(24)22-10-8-21(9-11-22)14-15-4-2-7-18(12-15)23(25)26/h2-7,12-13,20H,8-11,14H2,1H3. The van der Waals surface area contributed by atoms with Gasteiger partial charge in [0.1, 0.15) is 0 Å². The van der Waals surface area contributed by atoms with E-state index in [0.717, 1.165) is 11.8 Å². The highest BCUT2D eigenvalue weighted by molar-refractivity contribution is 7.92. The van der Waals surface area contributed by atoms with Crippen LogP contribution in [0.2, 0.25) is 0 Å². The molecule has 0 aromatic heterocycles. The number of rotatable bonds is 6. The van der Waals surface area contributed by atoms with Crippen LogP contribution in [0.1, 0.15) is 15.9 Å². The van der Waals surface area contributed by atoms with Gasteiger partial charge in [-0.15, -0.1) is 0 Å². The Morgan fingerprint density at radius 3 is 2.45 bits per heavy atom. The summed E-state index contributed by atoms with van der Waals surface area (Å²) in [5.41, 5.74) is 1.70. The van der Waals surface area contributed by atoms with Crippen molar-refractivity contribution in [1.82, 2.24) is 9.80 Å². The highest BCUT2D eigenvalue weighted by atomic mass is 32.2. The number of nitrogens with zero attached hydrogens (tertiary/aromatic N) is 3. The Morgan fingerprint density at radius 1 is 1.10 bits per heavy atom. The van der Waals surface area contributed by atoms with Gasteiger partial charge in [-0.3, -0.25) is 24.5 Å². The van der Waals surface area contributed by atoms with Gasteiger partial charge in [0.15, 0.2) is 0 Å². The van der Waals surface area contributed by atoms with E-state index in [1.807, 2.05) is 6.07 Å². The summed E-state index contributed by atoms with van der Waals surface area (Å²) in [6.45, 7) is 2.93. The molecule has 1 amide bonds. The van der Waals surface area contributed by atoms with E-state index >= 15 is 0 Å². The van der Waals surface area contributed by atoms with Crippen LogP contribution in [0.15, 0.2) is 48.5 Å². The minimum atomic E-state index is -3.41. The number of amides is 1. The first-order valence-corrected chi connectivity index (χ1v) is 10.9. The van der Waals surface area contributed by atoms with E-state index in [1.165, 1.54) is 12.1 Å². The molecule has 1 fully saturated rings. The van der Waals surface area contributed by atoms with Crippen LogP contribution in [0.25, 0.3) is 0 Å². The van der Waals surface area contributed by atoms with Crippen molar-refractivity contribution >= 4 is 27.3 Å². The van der Waals surface area contributed by atoms with Crippen molar-refractivity contribution in [2.45, 2.75) is 6.54 Å². The summed E-state index contributed by atoms with van der Waals surface area (Å²) in [7, 11) is -3.41. The summed E-state index contributed by atoms with van der Waals surface area (Å²) in [4.78, 5) is 27.1. The van der Waals surface area contributed by atoms with Gasteiger partial charge in [0.25, 0.3) is 11.6 Å². The lowest BCUT2D eigenvalue weighted by molar-refractivity contribution is -0.384. The van der Waals surface area contributed by atoms with Crippen molar-refractivity contribution in [3.63, 3.8) is 0 Å². The Hall–Kier alpha value is -2.98. The molecule has 0 atom stereocenters. The van der Waals surface area contributed by atoms with Crippen molar-refractivity contribution in [3.05, 3.63) is 69.8 Å². The van der Waals surface area contributed by atoms with Crippen LogP contribution in [0.3, 0.4) is 0 Å². The summed E-state index contributed by atoms with van der Waals surface area (Å²) >= 11 is 0. The van der Waals surface area contributed by atoms with Crippen LogP contribution in [0, 0.1) is 10.1 Å². The van der Waals surface area contributed by atoms with E-state index in [4.69, 9.17) is 0 Å². The summed E-state index contributed by atoms with van der Waals surface area (Å²) in [5.74, 6) is -0.155. The minimum Gasteiger partial charge on any atom is -0.336 e. The molecule has 1 aliphatic heterocycles. The molecule has 1 N–H and O–H groups in total. The molecule has 2 aromatic rings. The fourth-order valence-electron chi connectivity index (χ4n) is 3.25. The zero-order chi connectivity index (χ0) is 21.0. The number of carbonyl (C=O) groups excluding carboxylic acids is 1. The molecule has 154 valence electrons. The Labute approximate surface area is 169 Å². The average Bonchev–Trinajstić information content (AvgIpc) is 2.67. The molecule has 0 bridgehead atoms. The van der Waals surface area contributed by atoms with Gasteiger partial charge in [-0.25, -0.2) is 8.42 Å². The lowest BCUT2D eigenvalue weighted by atomic mass is 10.1. The Kier molecular flexibility index (Phi) is 6.14. The molecule has 1 saturated heterocycles. The zero-order valence-corrected chi connectivity index (χ0v) is 16.8. The van der Waals surface area contributed by atoms with Gasteiger partial charge in [0, 0.05) is 56.1 Å². The van der Waals surface area contributed by atoms with E-state index in [0.29, 0.717) is 44.0 Å². The van der Waals surface area contributed by atoms with Crippen molar-refractivity contribution in [1.29, 1.82) is 0 Å². The monoisotopic (exact) mass is 418 g/mol. The van der Waals surface area contributed by atoms with E-state index in [2.05, 4.69) is 9.62 Å². The number of non-ortho nitro benzene ring substituents is 1. The molecule has 9 nitrogen and oxygen atoms in total. The largest absolute Gasteiger partial charge is 0.336 e. The molecule has 0 saturated carbocycles. The number of nitro groups is 1. The third kappa shape index (κ3) is 5.75. The average molecular weight is 418 g/mol. The predicted octanol–water partition coefficient (Wildman–Crippen LogP) is 1.92. The van der Waals surface area contributed by atoms with Crippen molar-refractivity contribution < 1.29 is 18.1 Å². The van der Waals surface area contributed by atoms with Gasteiger partial charge >= 0.3 is 0 Å². The van der Waals surface area contributed by atoms with E-state index in [1.54, 1.807) is 35.2 Å². The molecule has 1 heterocycles. The Balaban J connectivity index is 1.59. The Bertz CT molecular complexity index is 1020. The highest BCUT2D eigenvalue weighted by Crippen LogP contribution is 2.18. The number of anilines is 1. The third-order valence-corrected chi connectivity index (χ3v) is 5.21. The maximum atomic E-state index is 12.8. The number of nitrogens with one attached hydrogen (secondary N) is 1. The quantitative estimate of drug-likeness (QED) is 0.566. The van der Waals surface area contributed by atoms with Crippen LogP contribution in [-0.4, -0.2) is 61.5 Å². The second-order valence-electron chi connectivity index (χ2n) is 6.95. The highest BCUT2D eigenvalue weighted by Gasteiger charge is 2.23. The molecule has 1 aliphatic rings. The van der Waals surface area contributed by atoms with Gasteiger partial charge in [0.2, 0.25) is 10.0 Å². The van der Waals surface area contributed by atoms with E-state index in [9.17, 15) is 23.3 Å². The summed E-state index contributed by atoms with van der Waals surface area (Å²) in [6, 6.07) is 13.0. The van der Waals surface area contributed by atoms with Crippen molar-refractivity contribution in [2.75, 3.05) is 37.2 Å². The first-order chi connectivity index (χ1) is 13.7. The van der Waals surface area contributed by atoms with Crippen molar-refractivity contribution in [3.8, 4) is 0 Å². The predicted molar refractivity (Wildman–Crippen MR) is 109 cm³/mol. The normalized spacial score (nSPS) is 15.1. The van der Waals surface area contributed by atoms with Crippen molar-refractivity contribution in [2.24, 2.45) is 0 Å². The fourth-order valence-corrected chi connectivity index (χ4v) is 3.80. The molecule has 2 aromatic carbocycles. The minimum absolute atomic E-state index is 0.0684. The van der Waals surface area contributed by atoms with Gasteiger partial charge in [-0.05, 0) is 23.8 Å². The van der Waals surface area contributed by atoms with Gasteiger partial charge in [-0.2, -0.15) is 0 Å². The van der Waals surface area contributed by atoms with Crippen LogP contribution in [0.4, 0.5) is 11.4 Å². The van der Waals surface area contributed by atoms with Crippen LogP contribution in [0.5, 0.6) is 0 Å². The van der Waals surface area contributed by atoms with Gasteiger partial charge in [-0.1, -0.05) is 18.2 Å². The maximum absolute atomic E-state index is 12.8. The Morgan fingerprint density at radius 2 is 1.79 bits per heavy atom. The molecule has 0 spiro atoms. The number of carbonyl (C=O) groups is 1. The number of hydrogen-bond donors (Lipinski definition) is 1. The molecule has 10 heteroatoms. The molecule has 29 heavy (non-hydrogen) atoms. The van der Waals surface area contributed by atoms with Crippen LogP contribution < -0.4 is 4.72 Å². The zero-order valence-electron chi connectivity index (χ0n) is 15.9. The second-order valence-corrected chi connectivity index (χ2v) is 8.70. The molecule has 0 radical (unpaired) electrons. The number of hydrogen-bond acceptors (Lipinski definition) is 6. The van der Waals surface area contributed by atoms with E-state index in [-0.39, 0.29) is 11.6 Å². The number of sulfonamides is 1. The van der Waals surface area contributed by atoms with Crippen LogP contribution >= 0.6 is 0 Å². The van der Waals surface area contributed by atoms with E-state index < -0.39 is 14.9 Å². The number of nitro benzene ring substituents is 1. The lowest BCUT2D eigenvalue weighted by Crippen LogP contribution is -2.48. The molecule has 0 unspecified atom stereocenters. The molecular formula is C19H22N4O5S. The maximum Gasteiger partial charge on any atom is 0.269 e. The molecule has 0 aliphatic carbocycles. The first-order valence-electron chi connectivity index (χ1n) is 9.04. The topological polar surface area (TPSA) is 113 Å². The summed E-state index contributed by atoms with van der Waals surface area (Å²) < 4.78 is 25.1. The number of piperazine rings is 1. The summed E-state index contributed by atoms with van der Waals surface area (Å²) in [5, 5.41) is 10.9. The van der Waals surface area contributed by atoms with Crippen LogP contribution in [-0.2, 0) is 16.6 Å². The van der Waals surface area contributed by atoms with Gasteiger partial charge in [0.05, 0.1) is 11.2 Å². The van der Waals surface area contributed by atoms with Gasteiger partial charge < -0.3 is 4.90 Å². The SMILES string of the molecule is CS(=O)(=O)Nc1cccc(C(=O)N2CCN(Cc3cccc([N+](=O)[O-])c3)CC2)c1. The first kappa shape index (κ1) is 20.7. The smallest absolute Gasteiger partial charge is 0.269 e. The fraction of sp³-hybridized carbons (Fsp3) is 0.316. The third-order valence-electron chi connectivity index (χ3n) is 4.60. The molecular weight excluding hydrogens is 396 g/mol. The molecule has 3 rings (SSSR count). The lowest BCUT2D eigenvalue weighted by Gasteiger charge is -2.34. The second kappa shape index (κ2) is 8.58.